The van der Waals surface area contributed by atoms with Gasteiger partial charge in [-0.2, -0.15) is 0 Å². The molecule has 0 aliphatic carbocycles. The quantitative estimate of drug-likeness (QED) is 0.673. The van der Waals surface area contributed by atoms with E-state index in [1.54, 1.807) is 0 Å². The van der Waals surface area contributed by atoms with Crippen LogP contribution in [-0.4, -0.2) is 30.9 Å². The number of hydrogen-bond donors (Lipinski definition) is 1. The Balaban J connectivity index is 2.15. The van der Waals surface area contributed by atoms with Crippen molar-refractivity contribution >= 4 is 21.2 Å². The van der Waals surface area contributed by atoms with Crippen LogP contribution in [0, 0.1) is 15.9 Å². The van der Waals surface area contributed by atoms with Crippen molar-refractivity contribution in [3.8, 4) is 0 Å². The van der Waals surface area contributed by atoms with Gasteiger partial charge in [-0.3, -0.25) is 10.1 Å². The van der Waals surface area contributed by atoms with E-state index in [0.29, 0.717) is 12.8 Å². The summed E-state index contributed by atoms with van der Waals surface area (Å²) in [5, 5.41) is 12.9. The number of hydrogen-bond acceptors (Lipinski definition) is 5. The highest BCUT2D eigenvalue weighted by molar-refractivity contribution is 7.92. The number of halogens is 1. The molecule has 1 fully saturated rings. The summed E-state index contributed by atoms with van der Waals surface area (Å²) >= 11 is 0. The number of nitrogens with one attached hydrogen (secondary N) is 1. The molecule has 1 atom stereocenters. The summed E-state index contributed by atoms with van der Waals surface area (Å²) in [6.45, 7) is 0.0621. The standard InChI is InChI=1S/C11H13FN2O4S/c12-8-3-4-11(14(15)16)10(6-8)13-7-9-2-1-5-19(9,17)18/h3-4,6,9,13H,1-2,5,7H2. The summed E-state index contributed by atoms with van der Waals surface area (Å²) in [4.78, 5) is 10.1. The second kappa shape index (κ2) is 5.12. The van der Waals surface area contributed by atoms with E-state index in [0.717, 1.165) is 18.2 Å². The van der Waals surface area contributed by atoms with Gasteiger partial charge in [0, 0.05) is 18.7 Å². The smallest absolute Gasteiger partial charge is 0.292 e. The minimum absolute atomic E-state index is 0.00657. The lowest BCUT2D eigenvalue weighted by molar-refractivity contribution is -0.384. The van der Waals surface area contributed by atoms with Gasteiger partial charge in [0.1, 0.15) is 11.5 Å². The first-order valence-corrected chi connectivity index (χ1v) is 7.51. The van der Waals surface area contributed by atoms with E-state index in [4.69, 9.17) is 0 Å². The van der Waals surface area contributed by atoms with Gasteiger partial charge in [-0.25, -0.2) is 12.8 Å². The fourth-order valence-corrected chi connectivity index (χ4v) is 3.89. The Bertz CT molecular complexity index is 603. The first-order chi connectivity index (χ1) is 8.90. The number of nitro benzene ring substituents is 1. The average molecular weight is 288 g/mol. The Hall–Kier alpha value is -1.70. The number of nitro groups is 1. The number of rotatable bonds is 4. The molecule has 1 aliphatic heterocycles. The lowest BCUT2D eigenvalue weighted by Gasteiger charge is -2.12. The molecule has 1 N–H and O–H groups in total. The highest BCUT2D eigenvalue weighted by Crippen LogP contribution is 2.26. The Morgan fingerprint density at radius 1 is 1.47 bits per heavy atom. The maximum atomic E-state index is 13.1. The molecule has 0 bridgehead atoms. The summed E-state index contributed by atoms with van der Waals surface area (Å²) in [7, 11) is -3.13. The first kappa shape index (κ1) is 13.7. The third-order valence-corrected chi connectivity index (χ3v) is 5.41. The van der Waals surface area contributed by atoms with Crippen LogP contribution in [0.25, 0.3) is 0 Å². The number of nitrogens with zero attached hydrogens (tertiary/aromatic N) is 1. The Kier molecular flexibility index (Phi) is 3.70. The second-order valence-corrected chi connectivity index (χ2v) is 6.83. The molecule has 1 aliphatic rings. The van der Waals surface area contributed by atoms with Gasteiger partial charge >= 0.3 is 0 Å². The normalized spacial score (nSPS) is 21.2. The monoisotopic (exact) mass is 288 g/mol. The first-order valence-electron chi connectivity index (χ1n) is 5.79. The summed E-state index contributed by atoms with van der Waals surface area (Å²) < 4.78 is 36.3. The molecule has 1 unspecified atom stereocenters. The van der Waals surface area contributed by atoms with Gasteiger partial charge in [0.2, 0.25) is 0 Å². The van der Waals surface area contributed by atoms with Crippen LogP contribution in [-0.2, 0) is 9.84 Å². The largest absolute Gasteiger partial charge is 0.378 e. The zero-order valence-corrected chi connectivity index (χ0v) is 10.8. The van der Waals surface area contributed by atoms with Crippen LogP contribution in [0.5, 0.6) is 0 Å². The van der Waals surface area contributed by atoms with Gasteiger partial charge < -0.3 is 5.32 Å². The van der Waals surface area contributed by atoms with Crippen LogP contribution in [0.15, 0.2) is 18.2 Å². The van der Waals surface area contributed by atoms with Crippen molar-refractivity contribution in [2.24, 2.45) is 0 Å². The maximum Gasteiger partial charge on any atom is 0.292 e. The third kappa shape index (κ3) is 3.01. The Morgan fingerprint density at radius 2 is 2.21 bits per heavy atom. The van der Waals surface area contributed by atoms with E-state index in [1.807, 2.05) is 0 Å². The molecule has 1 aromatic carbocycles. The van der Waals surface area contributed by atoms with Crippen LogP contribution in [0.3, 0.4) is 0 Å². The van der Waals surface area contributed by atoms with Crippen LogP contribution in [0.2, 0.25) is 0 Å². The molecule has 8 heteroatoms. The Labute approximate surface area is 109 Å². The lowest BCUT2D eigenvalue weighted by Crippen LogP contribution is -2.25. The van der Waals surface area contributed by atoms with Crippen molar-refractivity contribution in [2.75, 3.05) is 17.6 Å². The predicted octanol–water partition coefficient (Wildman–Crippen LogP) is 1.72. The molecule has 104 valence electrons. The molecule has 0 saturated carbocycles. The topological polar surface area (TPSA) is 89.3 Å². The highest BCUT2D eigenvalue weighted by Gasteiger charge is 2.31. The number of benzene rings is 1. The van der Waals surface area contributed by atoms with Crippen molar-refractivity contribution in [3.63, 3.8) is 0 Å². The number of anilines is 1. The molecule has 2 rings (SSSR count). The maximum absolute atomic E-state index is 13.1. The minimum atomic E-state index is -3.13. The minimum Gasteiger partial charge on any atom is -0.378 e. The summed E-state index contributed by atoms with van der Waals surface area (Å²) in [5.41, 5.74) is -0.260. The van der Waals surface area contributed by atoms with Gasteiger partial charge in [-0.1, -0.05) is 0 Å². The van der Waals surface area contributed by atoms with E-state index in [9.17, 15) is 22.9 Å². The average Bonchev–Trinajstić information content (AvgIpc) is 2.65. The molecule has 0 spiro atoms. The van der Waals surface area contributed by atoms with Crippen molar-refractivity contribution < 1.29 is 17.7 Å². The van der Waals surface area contributed by atoms with Gasteiger partial charge in [0.15, 0.2) is 9.84 Å². The second-order valence-electron chi connectivity index (χ2n) is 4.43. The highest BCUT2D eigenvalue weighted by atomic mass is 32.2. The van der Waals surface area contributed by atoms with Gasteiger partial charge in [-0.05, 0) is 18.9 Å². The fourth-order valence-electron chi connectivity index (χ4n) is 2.12. The molecule has 19 heavy (non-hydrogen) atoms. The lowest BCUT2D eigenvalue weighted by atomic mass is 10.2. The van der Waals surface area contributed by atoms with Crippen molar-refractivity contribution in [3.05, 3.63) is 34.1 Å². The van der Waals surface area contributed by atoms with Gasteiger partial charge in [-0.15, -0.1) is 0 Å². The van der Waals surface area contributed by atoms with E-state index >= 15 is 0 Å². The molecule has 1 aromatic rings. The molecule has 1 heterocycles. The van der Waals surface area contributed by atoms with E-state index in [1.165, 1.54) is 0 Å². The van der Waals surface area contributed by atoms with Gasteiger partial charge in [0.25, 0.3) is 5.69 Å². The molecule has 0 amide bonds. The van der Waals surface area contributed by atoms with Gasteiger partial charge in [0.05, 0.1) is 15.9 Å². The molecular formula is C11H13FN2O4S. The molecule has 6 nitrogen and oxygen atoms in total. The predicted molar refractivity (Wildman–Crippen MR) is 68.4 cm³/mol. The van der Waals surface area contributed by atoms with Crippen LogP contribution in [0.4, 0.5) is 15.8 Å². The molecule has 1 saturated heterocycles. The zero-order chi connectivity index (χ0) is 14.0. The van der Waals surface area contributed by atoms with Crippen molar-refractivity contribution in [2.45, 2.75) is 18.1 Å². The number of sulfone groups is 1. The SMILES string of the molecule is O=[N+]([O-])c1ccc(F)cc1NCC1CCCS1(=O)=O. The van der Waals surface area contributed by atoms with Crippen LogP contribution < -0.4 is 5.32 Å². The molecule has 0 aromatic heterocycles. The molecule has 0 radical (unpaired) electrons. The summed E-state index contributed by atoms with van der Waals surface area (Å²) in [6.07, 6.45) is 1.12. The summed E-state index contributed by atoms with van der Waals surface area (Å²) in [5.74, 6) is -0.465. The zero-order valence-electron chi connectivity index (χ0n) is 10.0. The molecular weight excluding hydrogens is 275 g/mol. The Morgan fingerprint density at radius 3 is 2.79 bits per heavy atom. The van der Waals surface area contributed by atoms with E-state index in [2.05, 4.69) is 5.32 Å². The van der Waals surface area contributed by atoms with E-state index < -0.39 is 25.8 Å². The van der Waals surface area contributed by atoms with Crippen molar-refractivity contribution in [1.29, 1.82) is 0 Å². The van der Waals surface area contributed by atoms with Crippen molar-refractivity contribution in [1.82, 2.24) is 0 Å². The third-order valence-electron chi connectivity index (χ3n) is 3.14. The fraction of sp³-hybridized carbons (Fsp3) is 0.455. The van der Waals surface area contributed by atoms with Crippen LogP contribution in [0.1, 0.15) is 12.8 Å². The van der Waals surface area contributed by atoms with E-state index in [-0.39, 0.29) is 23.7 Å². The van der Waals surface area contributed by atoms with Crippen LogP contribution >= 0.6 is 0 Å². The summed E-state index contributed by atoms with van der Waals surface area (Å²) in [6, 6.07) is 3.05.